The summed E-state index contributed by atoms with van der Waals surface area (Å²) in [6.07, 6.45) is 4.81. The summed E-state index contributed by atoms with van der Waals surface area (Å²) in [6.45, 7) is 6.56. The van der Waals surface area contributed by atoms with Crippen molar-refractivity contribution in [1.29, 1.82) is 0 Å². The summed E-state index contributed by atoms with van der Waals surface area (Å²) in [4.78, 5) is 33.6. The van der Waals surface area contributed by atoms with Crippen LogP contribution in [-0.4, -0.2) is 52.8 Å². The van der Waals surface area contributed by atoms with Gasteiger partial charge in [-0.3, -0.25) is 14.6 Å². The number of para-hydroxylation sites is 1. The highest BCUT2D eigenvalue weighted by Gasteiger charge is 2.31. The van der Waals surface area contributed by atoms with E-state index in [-0.39, 0.29) is 24.3 Å². The number of carbonyl (C=O) groups is 2. The molecular weight excluding hydrogens is 437 g/mol. The van der Waals surface area contributed by atoms with Gasteiger partial charge in [-0.15, -0.1) is 0 Å². The van der Waals surface area contributed by atoms with Crippen LogP contribution >= 0.6 is 23.2 Å². The molecule has 6 nitrogen and oxygen atoms in total. The van der Waals surface area contributed by atoms with Gasteiger partial charge in [-0.1, -0.05) is 29.3 Å². The molecule has 0 aliphatic carbocycles. The van der Waals surface area contributed by atoms with Gasteiger partial charge < -0.3 is 14.5 Å². The number of amides is 2. The summed E-state index contributed by atoms with van der Waals surface area (Å²) in [5.74, 6) is 0.248. The molecular formula is C23H27Cl2N3O3. The van der Waals surface area contributed by atoms with Crippen LogP contribution < -0.4 is 4.74 Å². The lowest BCUT2D eigenvalue weighted by Gasteiger charge is -2.34. The summed E-state index contributed by atoms with van der Waals surface area (Å²) in [6, 6.07) is 6.91. The van der Waals surface area contributed by atoms with Crippen molar-refractivity contribution in [1.82, 2.24) is 14.8 Å². The second-order valence-electron chi connectivity index (χ2n) is 7.52. The van der Waals surface area contributed by atoms with Crippen molar-refractivity contribution in [3.05, 3.63) is 57.8 Å². The third-order valence-corrected chi connectivity index (χ3v) is 6.07. The number of halogens is 2. The Kier molecular flexibility index (Phi) is 8.15. The number of aromatic nitrogens is 1. The monoisotopic (exact) mass is 463 g/mol. The number of rotatable bonds is 7. The fourth-order valence-electron chi connectivity index (χ4n) is 3.80. The van der Waals surface area contributed by atoms with E-state index in [0.717, 1.165) is 18.4 Å². The minimum atomic E-state index is -0.153. The van der Waals surface area contributed by atoms with Crippen LogP contribution in [-0.2, 0) is 11.4 Å². The zero-order valence-corrected chi connectivity index (χ0v) is 19.3. The Bertz CT molecular complexity index is 914. The molecule has 0 N–H and O–H groups in total. The van der Waals surface area contributed by atoms with Gasteiger partial charge in [0.15, 0.2) is 5.75 Å². The molecule has 0 bridgehead atoms. The summed E-state index contributed by atoms with van der Waals surface area (Å²) >= 11 is 12.3. The van der Waals surface area contributed by atoms with Gasteiger partial charge in [0, 0.05) is 44.1 Å². The molecule has 2 heterocycles. The molecule has 1 saturated heterocycles. The molecule has 1 aliphatic rings. The van der Waals surface area contributed by atoms with Gasteiger partial charge in [-0.2, -0.15) is 0 Å². The van der Waals surface area contributed by atoms with E-state index in [1.165, 1.54) is 0 Å². The Morgan fingerprint density at radius 1 is 1.19 bits per heavy atom. The molecule has 166 valence electrons. The molecule has 0 saturated carbocycles. The minimum Gasteiger partial charge on any atom is -0.486 e. The van der Waals surface area contributed by atoms with Crippen LogP contribution in [0.2, 0.25) is 10.0 Å². The van der Waals surface area contributed by atoms with Crippen LogP contribution in [0.4, 0.5) is 0 Å². The number of nitrogens with zero attached hydrogens (tertiary/aromatic N) is 3. The third kappa shape index (κ3) is 5.69. The van der Waals surface area contributed by atoms with Crippen LogP contribution in [0, 0.1) is 5.92 Å². The number of carbonyl (C=O) groups excluding carboxylic acids is 2. The molecule has 0 radical (unpaired) electrons. The molecule has 1 atom stereocenters. The van der Waals surface area contributed by atoms with Crippen LogP contribution in [0.15, 0.2) is 36.7 Å². The Balaban J connectivity index is 1.67. The zero-order chi connectivity index (χ0) is 22.4. The van der Waals surface area contributed by atoms with E-state index >= 15 is 0 Å². The predicted octanol–water partition coefficient (Wildman–Crippen LogP) is 4.69. The maximum atomic E-state index is 13.1. The normalized spacial score (nSPS) is 16.1. The van der Waals surface area contributed by atoms with Crippen molar-refractivity contribution >= 4 is 35.0 Å². The average molecular weight is 464 g/mol. The third-order valence-electron chi connectivity index (χ3n) is 5.48. The summed E-state index contributed by atoms with van der Waals surface area (Å²) in [5, 5.41) is 0.842. The van der Waals surface area contributed by atoms with Crippen molar-refractivity contribution in [2.75, 3.05) is 26.2 Å². The minimum absolute atomic E-state index is 0.123. The van der Waals surface area contributed by atoms with E-state index in [4.69, 9.17) is 27.9 Å². The van der Waals surface area contributed by atoms with Crippen LogP contribution in [0.5, 0.6) is 5.75 Å². The molecule has 1 aromatic carbocycles. The molecule has 1 fully saturated rings. The second-order valence-corrected chi connectivity index (χ2v) is 8.34. The number of likely N-dealkylation sites (tertiary alicyclic amines) is 1. The van der Waals surface area contributed by atoms with E-state index < -0.39 is 0 Å². The molecule has 31 heavy (non-hydrogen) atoms. The smallest absolute Gasteiger partial charge is 0.255 e. The molecule has 0 spiro atoms. The first-order chi connectivity index (χ1) is 14.9. The molecule has 3 rings (SSSR count). The maximum absolute atomic E-state index is 13.1. The fraction of sp³-hybridized carbons (Fsp3) is 0.435. The number of piperidine rings is 1. The molecule has 1 unspecified atom stereocenters. The van der Waals surface area contributed by atoms with Gasteiger partial charge in [0.1, 0.15) is 6.61 Å². The van der Waals surface area contributed by atoms with Crippen LogP contribution in [0.25, 0.3) is 0 Å². The van der Waals surface area contributed by atoms with E-state index in [9.17, 15) is 9.59 Å². The number of ether oxygens (including phenoxy) is 1. The van der Waals surface area contributed by atoms with Crippen molar-refractivity contribution < 1.29 is 14.3 Å². The van der Waals surface area contributed by atoms with Crippen LogP contribution in [0.3, 0.4) is 0 Å². The number of pyridine rings is 1. The van der Waals surface area contributed by atoms with E-state index in [2.05, 4.69) is 4.98 Å². The summed E-state index contributed by atoms with van der Waals surface area (Å²) in [7, 11) is 0. The topological polar surface area (TPSA) is 62.7 Å². The maximum Gasteiger partial charge on any atom is 0.255 e. The highest BCUT2D eigenvalue weighted by atomic mass is 35.5. The number of hydrogen-bond acceptors (Lipinski definition) is 4. The Morgan fingerprint density at radius 3 is 2.58 bits per heavy atom. The van der Waals surface area contributed by atoms with Crippen molar-refractivity contribution in [3.8, 4) is 5.75 Å². The highest BCUT2D eigenvalue weighted by Crippen LogP contribution is 2.33. The van der Waals surface area contributed by atoms with Crippen molar-refractivity contribution in [3.63, 3.8) is 0 Å². The number of hydrogen-bond donors (Lipinski definition) is 0. The zero-order valence-electron chi connectivity index (χ0n) is 17.8. The van der Waals surface area contributed by atoms with E-state index in [0.29, 0.717) is 47.5 Å². The Morgan fingerprint density at radius 2 is 1.90 bits per heavy atom. The number of benzene rings is 1. The lowest BCUT2D eigenvalue weighted by atomic mass is 9.96. The summed E-state index contributed by atoms with van der Waals surface area (Å²) < 4.78 is 5.75. The first-order valence-electron chi connectivity index (χ1n) is 10.5. The Hall–Kier alpha value is -2.31. The molecule has 8 heteroatoms. The Labute approximate surface area is 193 Å². The highest BCUT2D eigenvalue weighted by molar-refractivity contribution is 6.37. The van der Waals surface area contributed by atoms with Crippen molar-refractivity contribution in [2.45, 2.75) is 33.3 Å². The first-order valence-corrected chi connectivity index (χ1v) is 11.3. The van der Waals surface area contributed by atoms with Crippen molar-refractivity contribution in [2.24, 2.45) is 5.92 Å². The standard InChI is InChI=1S/C23H27Cl2N3O3/c1-3-27(4-2)22(29)17-7-6-10-28(14-17)23(30)18-11-16(12-26-13-18)15-31-21-19(24)8-5-9-20(21)25/h5,8-9,11-13,17H,3-4,6-7,10,14-15H2,1-2H3. The fourth-order valence-corrected chi connectivity index (χ4v) is 4.31. The van der Waals surface area contributed by atoms with Crippen LogP contribution in [0.1, 0.15) is 42.6 Å². The van der Waals surface area contributed by atoms with Gasteiger partial charge in [0.25, 0.3) is 5.91 Å². The lowest BCUT2D eigenvalue weighted by Crippen LogP contribution is -2.46. The molecule has 1 aliphatic heterocycles. The van der Waals surface area contributed by atoms with Gasteiger partial charge in [0.2, 0.25) is 5.91 Å². The summed E-state index contributed by atoms with van der Waals surface area (Å²) in [5.41, 5.74) is 1.21. The van der Waals surface area contributed by atoms with Gasteiger partial charge in [-0.05, 0) is 44.9 Å². The SMILES string of the molecule is CCN(CC)C(=O)C1CCCN(C(=O)c2cncc(COc3c(Cl)cccc3Cl)c2)C1. The van der Waals surface area contributed by atoms with E-state index in [1.54, 1.807) is 41.6 Å². The predicted molar refractivity (Wildman–Crippen MR) is 122 cm³/mol. The first kappa shape index (κ1) is 23.4. The quantitative estimate of drug-likeness (QED) is 0.597. The van der Waals surface area contributed by atoms with Gasteiger partial charge in [0.05, 0.1) is 21.5 Å². The molecule has 2 aromatic rings. The van der Waals surface area contributed by atoms with Gasteiger partial charge >= 0.3 is 0 Å². The molecule has 2 amide bonds. The molecule has 1 aromatic heterocycles. The van der Waals surface area contributed by atoms with E-state index in [1.807, 2.05) is 18.7 Å². The largest absolute Gasteiger partial charge is 0.486 e. The van der Waals surface area contributed by atoms with Gasteiger partial charge in [-0.25, -0.2) is 0 Å². The second kappa shape index (κ2) is 10.8. The average Bonchev–Trinajstić information content (AvgIpc) is 2.79. The lowest BCUT2D eigenvalue weighted by molar-refractivity contribution is -0.136.